The number of carboxylic acids is 1. The second-order valence-electron chi connectivity index (χ2n) is 5.84. The van der Waals surface area contributed by atoms with Crippen molar-refractivity contribution in [2.24, 2.45) is 0 Å². The van der Waals surface area contributed by atoms with Crippen LogP contribution in [0.4, 0.5) is 5.69 Å². The first-order valence-electron chi connectivity index (χ1n) is 6.57. The van der Waals surface area contributed by atoms with Crippen molar-refractivity contribution < 1.29 is 9.90 Å². The van der Waals surface area contributed by atoms with E-state index in [4.69, 9.17) is 0 Å². The largest absolute Gasteiger partial charge is 0.478 e. The van der Waals surface area contributed by atoms with Gasteiger partial charge in [-0.05, 0) is 26.8 Å². The number of carboxylic acid groups (broad SMARTS) is 1. The smallest absolute Gasteiger partial charge is 0.339 e. The highest BCUT2D eigenvalue weighted by Crippen LogP contribution is 2.23. The molecule has 1 N–H and O–H groups in total. The van der Waals surface area contributed by atoms with Crippen LogP contribution in [-0.4, -0.2) is 52.7 Å². The van der Waals surface area contributed by atoms with Gasteiger partial charge >= 0.3 is 5.97 Å². The van der Waals surface area contributed by atoms with Gasteiger partial charge in [0.05, 0.1) is 5.69 Å². The molecular weight excluding hydrogens is 242 g/mol. The number of piperazine rings is 1. The summed E-state index contributed by atoms with van der Waals surface area (Å²) in [5.41, 5.74) is 1.22. The molecule has 19 heavy (non-hydrogen) atoms. The lowest BCUT2D eigenvalue weighted by Crippen LogP contribution is -2.53. The van der Waals surface area contributed by atoms with Crippen molar-refractivity contribution in [2.45, 2.75) is 26.3 Å². The van der Waals surface area contributed by atoms with Crippen LogP contribution in [0.2, 0.25) is 0 Å². The Morgan fingerprint density at radius 1 is 1.26 bits per heavy atom. The normalized spacial score (nSPS) is 17.5. The number of carbonyl (C=O) groups is 1. The molecule has 1 fully saturated rings. The summed E-state index contributed by atoms with van der Waals surface area (Å²) < 4.78 is 0. The van der Waals surface area contributed by atoms with E-state index in [1.54, 1.807) is 12.3 Å². The number of rotatable bonds is 2. The molecule has 0 aromatic carbocycles. The fourth-order valence-corrected chi connectivity index (χ4v) is 2.45. The first-order chi connectivity index (χ1) is 8.89. The van der Waals surface area contributed by atoms with E-state index < -0.39 is 5.97 Å². The summed E-state index contributed by atoms with van der Waals surface area (Å²) in [6.45, 7) is 10.2. The molecule has 0 atom stereocenters. The predicted molar refractivity (Wildman–Crippen MR) is 74.7 cm³/mol. The van der Waals surface area contributed by atoms with E-state index in [-0.39, 0.29) is 11.1 Å². The molecule has 0 saturated carbocycles. The first-order valence-corrected chi connectivity index (χ1v) is 6.57. The van der Waals surface area contributed by atoms with Crippen molar-refractivity contribution in [3.05, 3.63) is 24.0 Å². The summed E-state index contributed by atoms with van der Waals surface area (Å²) in [5.74, 6) is -0.915. The molecular formula is C14H21N3O2. The SMILES string of the molecule is CC(C)(C)N1CCN(c2ccncc2C(=O)O)CC1. The zero-order valence-corrected chi connectivity index (χ0v) is 11.8. The molecule has 0 unspecified atom stereocenters. The molecule has 1 aromatic rings. The molecule has 104 valence electrons. The van der Waals surface area contributed by atoms with Crippen molar-refractivity contribution >= 4 is 11.7 Å². The van der Waals surface area contributed by atoms with E-state index in [1.807, 2.05) is 0 Å². The third-order valence-electron chi connectivity index (χ3n) is 3.60. The number of pyridine rings is 1. The van der Waals surface area contributed by atoms with Crippen LogP contribution in [0, 0.1) is 0 Å². The van der Waals surface area contributed by atoms with Crippen LogP contribution in [0.15, 0.2) is 18.5 Å². The third-order valence-corrected chi connectivity index (χ3v) is 3.60. The Labute approximate surface area is 113 Å². The number of hydrogen-bond donors (Lipinski definition) is 1. The summed E-state index contributed by atoms with van der Waals surface area (Å²) >= 11 is 0. The molecule has 2 rings (SSSR count). The highest BCUT2D eigenvalue weighted by Gasteiger charge is 2.27. The average molecular weight is 263 g/mol. The fraction of sp³-hybridized carbons (Fsp3) is 0.571. The molecule has 1 saturated heterocycles. The maximum atomic E-state index is 11.2. The first kappa shape index (κ1) is 13.8. The summed E-state index contributed by atoms with van der Waals surface area (Å²) in [6.07, 6.45) is 3.08. The van der Waals surface area contributed by atoms with Gasteiger partial charge in [-0.3, -0.25) is 9.88 Å². The number of aromatic carboxylic acids is 1. The standard InChI is InChI=1S/C14H21N3O2/c1-14(2,3)17-8-6-16(7-9-17)12-4-5-15-10-11(12)13(18)19/h4-5,10H,6-9H2,1-3H3,(H,18,19). The van der Waals surface area contributed by atoms with Gasteiger partial charge in [-0.25, -0.2) is 4.79 Å². The molecule has 0 amide bonds. The molecule has 5 heteroatoms. The maximum absolute atomic E-state index is 11.2. The number of aromatic nitrogens is 1. The van der Waals surface area contributed by atoms with Gasteiger partial charge in [-0.1, -0.05) is 0 Å². The van der Waals surface area contributed by atoms with Crippen LogP contribution in [0.5, 0.6) is 0 Å². The highest BCUT2D eigenvalue weighted by atomic mass is 16.4. The van der Waals surface area contributed by atoms with Crippen molar-refractivity contribution in [3.8, 4) is 0 Å². The van der Waals surface area contributed by atoms with Crippen LogP contribution in [0.3, 0.4) is 0 Å². The van der Waals surface area contributed by atoms with E-state index in [0.29, 0.717) is 0 Å². The zero-order chi connectivity index (χ0) is 14.0. The van der Waals surface area contributed by atoms with Gasteiger partial charge in [0.1, 0.15) is 5.56 Å². The van der Waals surface area contributed by atoms with Crippen molar-refractivity contribution in [3.63, 3.8) is 0 Å². The minimum atomic E-state index is -0.915. The van der Waals surface area contributed by atoms with Crippen LogP contribution in [0.1, 0.15) is 31.1 Å². The molecule has 5 nitrogen and oxygen atoms in total. The highest BCUT2D eigenvalue weighted by molar-refractivity contribution is 5.94. The quantitative estimate of drug-likeness (QED) is 0.880. The van der Waals surface area contributed by atoms with E-state index >= 15 is 0 Å². The van der Waals surface area contributed by atoms with Crippen LogP contribution >= 0.6 is 0 Å². The monoisotopic (exact) mass is 263 g/mol. The summed E-state index contributed by atoms with van der Waals surface area (Å²) in [6, 6.07) is 1.79. The van der Waals surface area contributed by atoms with E-state index in [9.17, 15) is 9.90 Å². The number of nitrogens with zero attached hydrogens (tertiary/aromatic N) is 3. The third kappa shape index (κ3) is 3.04. The van der Waals surface area contributed by atoms with Crippen LogP contribution in [0.25, 0.3) is 0 Å². The van der Waals surface area contributed by atoms with E-state index in [2.05, 4.69) is 35.6 Å². The summed E-state index contributed by atoms with van der Waals surface area (Å²) in [4.78, 5) is 19.7. The lowest BCUT2D eigenvalue weighted by molar-refractivity contribution is 0.0696. The van der Waals surface area contributed by atoms with Gasteiger partial charge in [0, 0.05) is 44.1 Å². The zero-order valence-electron chi connectivity index (χ0n) is 11.8. The lowest BCUT2D eigenvalue weighted by atomic mass is 10.0. The number of hydrogen-bond acceptors (Lipinski definition) is 4. The Bertz CT molecular complexity index is 460. The Hall–Kier alpha value is -1.62. The lowest BCUT2D eigenvalue weighted by Gasteiger charge is -2.43. The predicted octanol–water partition coefficient (Wildman–Crippen LogP) is 1.70. The summed E-state index contributed by atoms with van der Waals surface area (Å²) in [5, 5.41) is 9.20. The minimum Gasteiger partial charge on any atom is -0.478 e. The second-order valence-corrected chi connectivity index (χ2v) is 5.84. The van der Waals surface area contributed by atoms with Crippen molar-refractivity contribution in [1.82, 2.24) is 9.88 Å². The van der Waals surface area contributed by atoms with Crippen LogP contribution in [-0.2, 0) is 0 Å². The van der Waals surface area contributed by atoms with Gasteiger partial charge in [0.25, 0.3) is 0 Å². The average Bonchev–Trinajstić information content (AvgIpc) is 2.38. The van der Waals surface area contributed by atoms with Gasteiger partial charge in [-0.2, -0.15) is 0 Å². The van der Waals surface area contributed by atoms with Crippen molar-refractivity contribution in [1.29, 1.82) is 0 Å². The molecule has 0 bridgehead atoms. The molecule has 1 aliphatic rings. The number of anilines is 1. The van der Waals surface area contributed by atoms with Crippen molar-refractivity contribution in [2.75, 3.05) is 31.1 Å². The molecule has 0 aliphatic carbocycles. The van der Waals surface area contributed by atoms with E-state index in [1.165, 1.54) is 6.20 Å². The van der Waals surface area contributed by atoms with Gasteiger partial charge < -0.3 is 10.0 Å². The summed E-state index contributed by atoms with van der Waals surface area (Å²) in [7, 11) is 0. The van der Waals surface area contributed by atoms with Gasteiger partial charge in [0.2, 0.25) is 0 Å². The Balaban J connectivity index is 2.12. The topological polar surface area (TPSA) is 56.7 Å². The van der Waals surface area contributed by atoms with Gasteiger partial charge in [-0.15, -0.1) is 0 Å². The molecule has 0 radical (unpaired) electrons. The Kier molecular flexibility index (Phi) is 3.75. The fourth-order valence-electron chi connectivity index (χ4n) is 2.45. The molecule has 2 heterocycles. The Morgan fingerprint density at radius 3 is 2.42 bits per heavy atom. The Morgan fingerprint density at radius 2 is 1.89 bits per heavy atom. The van der Waals surface area contributed by atoms with Gasteiger partial charge in [0.15, 0.2) is 0 Å². The molecule has 0 spiro atoms. The minimum absolute atomic E-state index is 0.167. The van der Waals surface area contributed by atoms with Crippen LogP contribution < -0.4 is 4.90 Å². The second kappa shape index (κ2) is 5.17. The van der Waals surface area contributed by atoms with E-state index in [0.717, 1.165) is 31.9 Å². The molecule has 1 aliphatic heterocycles. The molecule has 1 aromatic heterocycles. The maximum Gasteiger partial charge on any atom is 0.339 e.